The fraction of sp³-hybridized carbons (Fsp3) is 0.615. The predicted octanol–water partition coefficient (Wildman–Crippen LogP) is 2.95. The van der Waals surface area contributed by atoms with Crippen LogP contribution >= 0.6 is 11.6 Å². The van der Waals surface area contributed by atoms with Crippen LogP contribution in [0.3, 0.4) is 0 Å². The monoisotopic (exact) mass is 350 g/mol. The van der Waals surface area contributed by atoms with Gasteiger partial charge in [0.2, 0.25) is 0 Å². The molecule has 6 nitrogen and oxygen atoms in total. The van der Waals surface area contributed by atoms with E-state index in [0.717, 1.165) is 6.07 Å². The number of nitrogens with zero attached hydrogens (tertiary/aromatic N) is 3. The number of halogens is 4. The van der Waals surface area contributed by atoms with Crippen LogP contribution in [0.5, 0.6) is 0 Å². The third-order valence-electron chi connectivity index (χ3n) is 4.43. The topological polar surface area (TPSA) is 78.4 Å². The van der Waals surface area contributed by atoms with Crippen molar-refractivity contribution in [2.45, 2.75) is 25.1 Å². The van der Waals surface area contributed by atoms with Gasteiger partial charge in [-0.1, -0.05) is 11.6 Å². The first-order valence-corrected chi connectivity index (χ1v) is 7.46. The Kier molecular flexibility index (Phi) is 3.99. The summed E-state index contributed by atoms with van der Waals surface area (Å²) in [5.41, 5.74) is -0.943. The highest BCUT2D eigenvalue weighted by molar-refractivity contribution is 6.29. The number of carbonyl (C=O) groups is 1. The molecule has 23 heavy (non-hydrogen) atoms. The van der Waals surface area contributed by atoms with Crippen LogP contribution in [0.2, 0.25) is 5.15 Å². The molecule has 1 amide bonds. The normalized spacial score (nSPS) is 27.1. The Morgan fingerprint density at radius 3 is 2.43 bits per heavy atom. The lowest BCUT2D eigenvalue weighted by Gasteiger charge is -2.19. The van der Waals surface area contributed by atoms with E-state index < -0.39 is 17.8 Å². The predicted molar refractivity (Wildman–Crippen MR) is 75.3 cm³/mol. The highest BCUT2D eigenvalue weighted by Crippen LogP contribution is 2.41. The number of nitrogens with one attached hydrogen (secondary N) is 1. The summed E-state index contributed by atoms with van der Waals surface area (Å²) >= 11 is 5.50. The molecule has 10 heteroatoms. The smallest absolute Gasteiger partial charge is 0.420 e. The minimum absolute atomic E-state index is 0.165. The van der Waals surface area contributed by atoms with Gasteiger partial charge in [-0.25, -0.2) is 4.79 Å². The van der Waals surface area contributed by atoms with Crippen LogP contribution in [0.4, 0.5) is 23.8 Å². The molecule has 0 radical (unpaired) electrons. The van der Waals surface area contributed by atoms with Gasteiger partial charge in [-0.15, -0.1) is 10.2 Å². The van der Waals surface area contributed by atoms with Crippen LogP contribution in [-0.2, 0) is 6.18 Å². The number of carboxylic acid groups (broad SMARTS) is 1. The lowest BCUT2D eigenvalue weighted by molar-refractivity contribution is -0.137. The van der Waals surface area contributed by atoms with Crippen molar-refractivity contribution >= 4 is 23.5 Å². The van der Waals surface area contributed by atoms with Crippen molar-refractivity contribution in [1.82, 2.24) is 15.1 Å². The van der Waals surface area contributed by atoms with Gasteiger partial charge in [-0.2, -0.15) is 13.2 Å². The molecule has 3 rings (SSSR count). The largest absolute Gasteiger partial charge is 0.465 e. The zero-order valence-electron chi connectivity index (χ0n) is 11.8. The molecule has 2 N–H and O–H groups in total. The van der Waals surface area contributed by atoms with Crippen molar-refractivity contribution in [1.29, 1.82) is 0 Å². The van der Waals surface area contributed by atoms with Gasteiger partial charge in [0.05, 0.1) is 0 Å². The minimum Gasteiger partial charge on any atom is -0.465 e. The first kappa shape index (κ1) is 16.1. The molecule has 1 unspecified atom stereocenters. The molecule has 0 aromatic carbocycles. The Labute approximate surface area is 134 Å². The number of rotatable bonds is 2. The molecule has 2 aliphatic rings. The third-order valence-corrected chi connectivity index (χ3v) is 4.62. The van der Waals surface area contributed by atoms with Crippen molar-refractivity contribution in [2.24, 2.45) is 11.8 Å². The maximum Gasteiger partial charge on any atom is 0.420 e. The number of amides is 1. The fourth-order valence-corrected chi connectivity index (χ4v) is 3.60. The van der Waals surface area contributed by atoms with Crippen LogP contribution in [0.25, 0.3) is 0 Å². The highest BCUT2D eigenvalue weighted by atomic mass is 35.5. The van der Waals surface area contributed by atoms with E-state index in [9.17, 15) is 18.0 Å². The summed E-state index contributed by atoms with van der Waals surface area (Å²) in [6.07, 6.45) is -4.31. The molecule has 2 heterocycles. The zero-order chi connectivity index (χ0) is 16.8. The number of hydrogen-bond acceptors (Lipinski definition) is 4. The molecule has 1 saturated carbocycles. The van der Waals surface area contributed by atoms with E-state index in [1.54, 1.807) is 0 Å². The summed E-state index contributed by atoms with van der Waals surface area (Å²) in [6, 6.07) is 0.566. The lowest BCUT2D eigenvalue weighted by Crippen LogP contribution is -2.30. The molecule has 0 spiro atoms. The second-order valence-electron chi connectivity index (χ2n) is 5.95. The number of aromatic nitrogens is 2. The van der Waals surface area contributed by atoms with E-state index in [-0.39, 0.29) is 28.8 Å². The van der Waals surface area contributed by atoms with Crippen LogP contribution in [0.15, 0.2) is 6.07 Å². The van der Waals surface area contributed by atoms with Gasteiger partial charge in [0, 0.05) is 19.1 Å². The molecule has 0 bridgehead atoms. The summed E-state index contributed by atoms with van der Waals surface area (Å²) in [5, 5.41) is 18.5. The minimum atomic E-state index is -4.57. The molecule has 1 saturated heterocycles. The maximum atomic E-state index is 13.0. The number of fused-ring (bicyclic) bond motifs is 1. The maximum absolute atomic E-state index is 13.0. The van der Waals surface area contributed by atoms with Gasteiger partial charge in [0.25, 0.3) is 0 Å². The Morgan fingerprint density at radius 1 is 1.30 bits per heavy atom. The number of hydrogen-bond donors (Lipinski definition) is 2. The van der Waals surface area contributed by atoms with E-state index in [4.69, 9.17) is 16.7 Å². The molecular formula is C13H14ClF3N4O2. The Hall–Kier alpha value is -1.77. The highest BCUT2D eigenvalue weighted by Gasteiger charge is 2.43. The lowest BCUT2D eigenvalue weighted by atomic mass is 10.0. The van der Waals surface area contributed by atoms with Gasteiger partial charge in [-0.05, 0) is 30.7 Å². The zero-order valence-corrected chi connectivity index (χ0v) is 12.6. The molecule has 2 fully saturated rings. The van der Waals surface area contributed by atoms with Crippen molar-refractivity contribution in [3.05, 3.63) is 16.8 Å². The third kappa shape index (κ3) is 3.29. The Balaban J connectivity index is 1.70. The van der Waals surface area contributed by atoms with Crippen molar-refractivity contribution in [2.75, 3.05) is 18.4 Å². The van der Waals surface area contributed by atoms with Crippen molar-refractivity contribution in [3.63, 3.8) is 0 Å². The van der Waals surface area contributed by atoms with Gasteiger partial charge in [0.1, 0.15) is 5.56 Å². The molecule has 1 aliphatic carbocycles. The van der Waals surface area contributed by atoms with Crippen LogP contribution in [-0.4, -0.2) is 45.4 Å². The van der Waals surface area contributed by atoms with Gasteiger partial charge >= 0.3 is 12.3 Å². The second kappa shape index (κ2) is 5.70. The standard InChI is InChI=1S/C13H14ClF3N4O2/c14-10-3-9(13(15,16)17)11(20-19-10)18-8-1-6-4-21(12(22)23)5-7(6)2-8/h3,6-8H,1-2,4-5H2,(H,18,20)(H,22,23)/t6-,7+,8?. The average molecular weight is 351 g/mol. The van der Waals surface area contributed by atoms with E-state index in [1.807, 2.05) is 0 Å². The molecular weight excluding hydrogens is 337 g/mol. The SMILES string of the molecule is O=C(O)N1C[C@H]2CC(Nc3nnc(Cl)cc3C(F)(F)F)C[C@H]2C1. The first-order chi connectivity index (χ1) is 10.7. The average Bonchev–Trinajstić information content (AvgIpc) is 2.97. The summed E-state index contributed by atoms with van der Waals surface area (Å²) in [6.45, 7) is 0.854. The first-order valence-electron chi connectivity index (χ1n) is 7.09. The van der Waals surface area contributed by atoms with E-state index in [2.05, 4.69) is 15.5 Å². The fourth-order valence-electron chi connectivity index (χ4n) is 3.46. The Bertz CT molecular complexity index is 614. The van der Waals surface area contributed by atoms with Crippen LogP contribution in [0.1, 0.15) is 18.4 Å². The second-order valence-corrected chi connectivity index (χ2v) is 6.33. The number of anilines is 1. The number of alkyl halides is 3. The Morgan fingerprint density at radius 2 is 1.91 bits per heavy atom. The van der Waals surface area contributed by atoms with E-state index >= 15 is 0 Å². The number of likely N-dealkylation sites (tertiary alicyclic amines) is 1. The van der Waals surface area contributed by atoms with Gasteiger partial charge in [-0.3, -0.25) is 0 Å². The van der Waals surface area contributed by atoms with Crippen molar-refractivity contribution in [3.8, 4) is 0 Å². The summed E-state index contributed by atoms with van der Waals surface area (Å²) in [7, 11) is 0. The molecule has 1 aromatic heterocycles. The molecule has 1 aromatic rings. The van der Waals surface area contributed by atoms with Gasteiger partial charge < -0.3 is 15.3 Å². The van der Waals surface area contributed by atoms with E-state index in [0.29, 0.717) is 25.9 Å². The summed E-state index contributed by atoms with van der Waals surface area (Å²) in [5.74, 6) is -0.00152. The van der Waals surface area contributed by atoms with E-state index in [1.165, 1.54) is 4.90 Å². The van der Waals surface area contributed by atoms with Gasteiger partial charge in [0.15, 0.2) is 11.0 Å². The van der Waals surface area contributed by atoms with Crippen LogP contribution < -0.4 is 5.32 Å². The quantitative estimate of drug-likeness (QED) is 0.857. The van der Waals surface area contributed by atoms with Crippen LogP contribution in [0, 0.1) is 11.8 Å². The summed E-state index contributed by atoms with van der Waals surface area (Å²) in [4.78, 5) is 12.3. The van der Waals surface area contributed by atoms with Crippen molar-refractivity contribution < 1.29 is 23.1 Å². The molecule has 3 atom stereocenters. The molecule has 1 aliphatic heterocycles. The summed E-state index contributed by atoms with van der Waals surface area (Å²) < 4.78 is 39.1. The molecule has 126 valence electrons.